The van der Waals surface area contributed by atoms with Crippen LogP contribution in [-0.2, 0) is 20.3 Å². The molecule has 0 fully saturated rings. The second-order valence-electron chi connectivity index (χ2n) is 6.94. The number of aromatic nitrogens is 2. The van der Waals surface area contributed by atoms with Gasteiger partial charge in [0.2, 0.25) is 0 Å². The maximum absolute atomic E-state index is 12.6. The zero-order valence-electron chi connectivity index (χ0n) is 16.1. The molecule has 0 aliphatic heterocycles. The molecule has 3 aromatic heterocycles. The van der Waals surface area contributed by atoms with E-state index in [9.17, 15) is 13.2 Å². The molecule has 0 bridgehead atoms. The van der Waals surface area contributed by atoms with Gasteiger partial charge in [-0.2, -0.15) is 0 Å². The molecule has 1 aromatic carbocycles. The Morgan fingerprint density at radius 1 is 1.14 bits per heavy atom. The summed E-state index contributed by atoms with van der Waals surface area (Å²) < 4.78 is 30.4. The van der Waals surface area contributed by atoms with Crippen LogP contribution in [-0.4, -0.2) is 36.6 Å². The lowest BCUT2D eigenvalue weighted by atomic mass is 10.1. The van der Waals surface area contributed by atoms with Gasteiger partial charge < -0.3 is 9.14 Å². The summed E-state index contributed by atoms with van der Waals surface area (Å²) in [4.78, 5) is 17.1. The zero-order chi connectivity index (χ0) is 20.6. The Morgan fingerprint density at radius 3 is 2.69 bits per heavy atom. The summed E-state index contributed by atoms with van der Waals surface area (Å²) in [6.45, 7) is 2.02. The lowest BCUT2D eigenvalue weighted by molar-refractivity contribution is 0.0527. The number of pyridine rings is 2. The van der Waals surface area contributed by atoms with E-state index in [1.54, 1.807) is 37.5 Å². The number of fused-ring (bicyclic) bond motifs is 2. The van der Waals surface area contributed by atoms with Gasteiger partial charge in [-0.3, -0.25) is 4.98 Å². The number of nitrogens with zero attached hydrogens (tertiary/aromatic N) is 2. The van der Waals surface area contributed by atoms with E-state index in [0.717, 1.165) is 22.0 Å². The van der Waals surface area contributed by atoms with E-state index in [1.807, 2.05) is 34.7 Å². The normalized spacial score (nSPS) is 11.8. The third-order valence-corrected chi connectivity index (χ3v) is 5.48. The summed E-state index contributed by atoms with van der Waals surface area (Å²) in [5, 5.41) is 0.962. The minimum Gasteiger partial charge on any atom is -0.462 e. The topological polar surface area (TPSA) is 77.7 Å². The molecule has 0 atom stereocenters. The van der Waals surface area contributed by atoms with Crippen LogP contribution in [0.4, 0.5) is 0 Å². The molecular weight excluding hydrogens is 388 g/mol. The quantitative estimate of drug-likeness (QED) is 0.469. The highest BCUT2D eigenvalue weighted by atomic mass is 32.2. The number of esters is 1. The Balaban J connectivity index is 1.93. The largest absolute Gasteiger partial charge is 0.462 e. The summed E-state index contributed by atoms with van der Waals surface area (Å²) in [5.74, 6) is -0.486. The highest BCUT2D eigenvalue weighted by molar-refractivity contribution is 7.89. The lowest BCUT2D eigenvalue weighted by Crippen LogP contribution is -2.05. The van der Waals surface area contributed by atoms with Crippen molar-refractivity contribution in [3.63, 3.8) is 0 Å². The number of benzene rings is 1. The molecule has 0 amide bonds. The molecular formula is C22H20N2O4S. The molecule has 148 valence electrons. The Hall–Kier alpha value is -3.19. The minimum absolute atomic E-state index is 0.0592. The Labute approximate surface area is 168 Å². The fraction of sp³-hybridized carbons (Fsp3) is 0.182. The van der Waals surface area contributed by atoms with Crippen LogP contribution in [0.1, 0.15) is 22.8 Å². The van der Waals surface area contributed by atoms with Gasteiger partial charge in [-0.1, -0.05) is 18.2 Å². The number of ether oxygens (including phenoxy) is 1. The standard InChI is InChI=1S/C22H20N2O4S/c1-3-28-22(25)19-12-18-10-15(14-29(2,26)27)8-9-24(18)21(19)17-11-16-6-4-5-7-20(16)23-13-17/h4-13H,3,14H2,1-2H3. The van der Waals surface area contributed by atoms with Crippen molar-refractivity contribution in [3.05, 3.63) is 72.1 Å². The molecule has 0 N–H and O–H groups in total. The first-order chi connectivity index (χ1) is 13.9. The van der Waals surface area contributed by atoms with Crippen molar-refractivity contribution in [2.75, 3.05) is 12.9 Å². The predicted molar refractivity (Wildman–Crippen MR) is 113 cm³/mol. The molecule has 6 nitrogen and oxygen atoms in total. The van der Waals surface area contributed by atoms with Gasteiger partial charge in [0, 0.05) is 35.1 Å². The van der Waals surface area contributed by atoms with Gasteiger partial charge in [-0.25, -0.2) is 13.2 Å². The lowest BCUT2D eigenvalue weighted by Gasteiger charge is -2.09. The van der Waals surface area contributed by atoms with Crippen LogP contribution in [0.15, 0.2) is 60.9 Å². The first-order valence-corrected chi connectivity index (χ1v) is 11.3. The molecule has 0 saturated heterocycles. The Morgan fingerprint density at radius 2 is 1.93 bits per heavy atom. The van der Waals surface area contributed by atoms with Gasteiger partial charge >= 0.3 is 5.97 Å². The second kappa shape index (κ2) is 7.33. The monoisotopic (exact) mass is 408 g/mol. The molecule has 7 heteroatoms. The van der Waals surface area contributed by atoms with Gasteiger partial charge in [0.15, 0.2) is 9.84 Å². The van der Waals surface area contributed by atoms with Crippen molar-refractivity contribution >= 4 is 32.2 Å². The molecule has 0 spiro atoms. The summed E-state index contributed by atoms with van der Waals surface area (Å²) in [6.07, 6.45) is 4.71. The summed E-state index contributed by atoms with van der Waals surface area (Å²) in [7, 11) is -3.16. The van der Waals surface area contributed by atoms with Crippen LogP contribution in [0.2, 0.25) is 0 Å². The van der Waals surface area contributed by atoms with E-state index < -0.39 is 15.8 Å². The fourth-order valence-electron chi connectivity index (χ4n) is 3.48. The first kappa shape index (κ1) is 19.1. The second-order valence-corrected chi connectivity index (χ2v) is 9.08. The first-order valence-electron chi connectivity index (χ1n) is 9.20. The summed E-state index contributed by atoms with van der Waals surface area (Å²) in [6, 6.07) is 15.0. The summed E-state index contributed by atoms with van der Waals surface area (Å²) in [5.41, 5.74) is 4.12. The molecule has 4 aromatic rings. The summed E-state index contributed by atoms with van der Waals surface area (Å²) >= 11 is 0. The number of carbonyl (C=O) groups is 1. The number of sulfone groups is 1. The van der Waals surface area contributed by atoms with Gasteiger partial charge in [-0.15, -0.1) is 0 Å². The molecule has 0 unspecified atom stereocenters. The maximum Gasteiger partial charge on any atom is 0.340 e. The number of carbonyl (C=O) groups excluding carboxylic acids is 1. The highest BCUT2D eigenvalue weighted by Crippen LogP contribution is 2.30. The third-order valence-electron chi connectivity index (χ3n) is 4.63. The predicted octanol–water partition coefficient (Wildman–Crippen LogP) is 3.88. The van der Waals surface area contributed by atoms with Gasteiger partial charge in [0.25, 0.3) is 0 Å². The van der Waals surface area contributed by atoms with Crippen LogP contribution in [0.25, 0.3) is 27.7 Å². The number of para-hydroxylation sites is 1. The number of hydrogen-bond acceptors (Lipinski definition) is 5. The minimum atomic E-state index is -3.16. The smallest absolute Gasteiger partial charge is 0.340 e. The third kappa shape index (κ3) is 3.86. The van der Waals surface area contributed by atoms with Crippen molar-refractivity contribution in [1.82, 2.24) is 9.38 Å². The van der Waals surface area contributed by atoms with E-state index in [2.05, 4.69) is 4.98 Å². The van der Waals surface area contributed by atoms with E-state index in [1.165, 1.54) is 6.26 Å². The maximum atomic E-state index is 12.6. The van der Waals surface area contributed by atoms with E-state index in [4.69, 9.17) is 4.74 Å². The average molecular weight is 408 g/mol. The van der Waals surface area contributed by atoms with Crippen LogP contribution in [0.5, 0.6) is 0 Å². The van der Waals surface area contributed by atoms with Crippen LogP contribution < -0.4 is 0 Å². The van der Waals surface area contributed by atoms with E-state index >= 15 is 0 Å². The molecule has 0 aliphatic carbocycles. The highest BCUT2D eigenvalue weighted by Gasteiger charge is 2.20. The molecule has 0 radical (unpaired) electrons. The van der Waals surface area contributed by atoms with E-state index in [-0.39, 0.29) is 12.4 Å². The molecule has 3 heterocycles. The average Bonchev–Trinajstić information content (AvgIpc) is 3.05. The zero-order valence-corrected chi connectivity index (χ0v) is 16.9. The fourth-order valence-corrected chi connectivity index (χ4v) is 4.26. The molecule has 0 aliphatic rings. The SMILES string of the molecule is CCOC(=O)c1cc2cc(CS(C)(=O)=O)ccn2c1-c1cnc2ccccc2c1. The number of hydrogen-bond donors (Lipinski definition) is 0. The Kier molecular flexibility index (Phi) is 4.84. The van der Waals surface area contributed by atoms with Crippen LogP contribution in [0, 0.1) is 0 Å². The van der Waals surface area contributed by atoms with Crippen molar-refractivity contribution in [3.8, 4) is 11.3 Å². The number of rotatable bonds is 5. The van der Waals surface area contributed by atoms with Crippen molar-refractivity contribution in [2.24, 2.45) is 0 Å². The van der Waals surface area contributed by atoms with Crippen molar-refractivity contribution < 1.29 is 17.9 Å². The Bertz CT molecular complexity index is 1340. The van der Waals surface area contributed by atoms with Gasteiger partial charge in [-0.05, 0) is 42.8 Å². The van der Waals surface area contributed by atoms with Gasteiger partial charge in [0.1, 0.15) is 0 Å². The molecule has 0 saturated carbocycles. The molecule has 4 rings (SSSR count). The van der Waals surface area contributed by atoms with Crippen molar-refractivity contribution in [2.45, 2.75) is 12.7 Å². The van der Waals surface area contributed by atoms with Crippen LogP contribution in [0.3, 0.4) is 0 Å². The molecule has 29 heavy (non-hydrogen) atoms. The van der Waals surface area contributed by atoms with Crippen LogP contribution >= 0.6 is 0 Å². The van der Waals surface area contributed by atoms with Crippen molar-refractivity contribution in [1.29, 1.82) is 0 Å². The van der Waals surface area contributed by atoms with E-state index in [0.29, 0.717) is 16.8 Å². The van der Waals surface area contributed by atoms with Gasteiger partial charge in [0.05, 0.1) is 29.1 Å².